The Bertz CT molecular complexity index is 500. The summed E-state index contributed by atoms with van der Waals surface area (Å²) < 4.78 is 0. The molecule has 0 heterocycles. The van der Waals surface area contributed by atoms with E-state index in [-0.39, 0.29) is 11.5 Å². The maximum atomic E-state index is 12.2. The summed E-state index contributed by atoms with van der Waals surface area (Å²) >= 11 is 0. The second-order valence-corrected chi connectivity index (χ2v) is 9.87. The summed E-state index contributed by atoms with van der Waals surface area (Å²) in [4.78, 5) is 12.2. The van der Waals surface area contributed by atoms with E-state index in [1.54, 1.807) is 0 Å². The number of carbonyl (C=O) groups excluding carboxylic acids is 1. The molecule has 4 saturated carbocycles. The molecular weight excluding hydrogens is 284 g/mol. The molecule has 0 aromatic rings. The smallest absolute Gasteiger partial charge is 0.133 e. The Morgan fingerprint density at radius 2 is 1.61 bits per heavy atom. The Hall–Kier alpha value is -0.370. The fourth-order valence-electron chi connectivity index (χ4n) is 7.90. The van der Waals surface area contributed by atoms with Gasteiger partial charge in [-0.1, -0.05) is 13.8 Å². The van der Waals surface area contributed by atoms with Gasteiger partial charge in [-0.05, 0) is 99.2 Å². The number of hydrogen-bond acceptors (Lipinski definition) is 2. The summed E-state index contributed by atoms with van der Waals surface area (Å²) in [6, 6.07) is 0. The molecule has 130 valence electrons. The van der Waals surface area contributed by atoms with Crippen LogP contribution in [0.25, 0.3) is 0 Å². The fraction of sp³-hybridized carbons (Fsp3) is 0.952. The van der Waals surface area contributed by atoms with Crippen LogP contribution < -0.4 is 0 Å². The molecule has 0 aromatic carbocycles. The maximum absolute atomic E-state index is 12.2. The lowest BCUT2D eigenvalue weighted by molar-refractivity contribution is -0.138. The molecule has 4 rings (SSSR count). The average Bonchev–Trinajstić information content (AvgIpc) is 2.85. The summed E-state index contributed by atoms with van der Waals surface area (Å²) in [7, 11) is 0. The number of aliphatic hydroxyl groups is 1. The van der Waals surface area contributed by atoms with Crippen molar-refractivity contribution in [2.24, 2.45) is 40.4 Å². The number of ketones is 1. The third-order valence-corrected chi connectivity index (χ3v) is 9.13. The highest BCUT2D eigenvalue weighted by Gasteiger charge is 2.60. The quantitative estimate of drug-likeness (QED) is 0.767. The highest BCUT2D eigenvalue weighted by Crippen LogP contribution is 2.67. The van der Waals surface area contributed by atoms with E-state index in [1.165, 1.54) is 38.5 Å². The van der Waals surface area contributed by atoms with Crippen molar-refractivity contribution in [3.63, 3.8) is 0 Å². The molecule has 8 atom stereocenters. The van der Waals surface area contributed by atoms with Gasteiger partial charge in [0.15, 0.2) is 0 Å². The number of Topliss-reactive ketones (excluding diaryl/α,β-unsaturated/α-hetero) is 1. The van der Waals surface area contributed by atoms with Crippen molar-refractivity contribution in [2.75, 3.05) is 0 Å². The number of fused-ring (bicyclic) bond motifs is 5. The van der Waals surface area contributed by atoms with Crippen LogP contribution in [-0.4, -0.2) is 17.0 Å². The van der Waals surface area contributed by atoms with Crippen LogP contribution in [0, 0.1) is 40.4 Å². The van der Waals surface area contributed by atoms with Gasteiger partial charge in [0.05, 0.1) is 6.10 Å². The predicted octanol–water partition coefficient (Wildman–Crippen LogP) is 4.60. The molecule has 2 nitrogen and oxygen atoms in total. The molecule has 0 radical (unpaired) electrons. The monoisotopic (exact) mass is 318 g/mol. The standard InChI is InChI=1S/C21H34O2/c1-13(22)17-6-7-18-16-5-4-14-12-15(23)8-10-20(14,2)19(16)9-11-21(17,18)3/h14-19,23H,4-12H2,1-3H3/t14-,15+,16+,17-,18-,19-,20+,21-/m1/s1. The Kier molecular flexibility index (Phi) is 3.72. The summed E-state index contributed by atoms with van der Waals surface area (Å²) in [5.41, 5.74) is 0.738. The first-order chi connectivity index (χ1) is 10.9. The van der Waals surface area contributed by atoms with Gasteiger partial charge in [-0.15, -0.1) is 0 Å². The topological polar surface area (TPSA) is 37.3 Å². The van der Waals surface area contributed by atoms with E-state index < -0.39 is 0 Å². The molecule has 2 heteroatoms. The molecule has 23 heavy (non-hydrogen) atoms. The van der Waals surface area contributed by atoms with Gasteiger partial charge in [-0.25, -0.2) is 0 Å². The van der Waals surface area contributed by atoms with Gasteiger partial charge in [0, 0.05) is 5.92 Å². The molecule has 0 amide bonds. The van der Waals surface area contributed by atoms with Crippen molar-refractivity contribution in [3.8, 4) is 0 Å². The molecule has 0 saturated heterocycles. The molecule has 0 spiro atoms. The zero-order valence-corrected chi connectivity index (χ0v) is 15.2. The molecule has 0 aliphatic heterocycles. The highest BCUT2D eigenvalue weighted by molar-refractivity contribution is 5.79. The van der Waals surface area contributed by atoms with Gasteiger partial charge in [-0.3, -0.25) is 4.79 Å². The van der Waals surface area contributed by atoms with Gasteiger partial charge in [-0.2, -0.15) is 0 Å². The second kappa shape index (κ2) is 5.31. The first kappa shape index (κ1) is 16.1. The fourth-order valence-corrected chi connectivity index (χ4v) is 7.90. The minimum Gasteiger partial charge on any atom is -0.393 e. The molecule has 1 N–H and O–H groups in total. The molecule has 4 aliphatic carbocycles. The van der Waals surface area contributed by atoms with Gasteiger partial charge < -0.3 is 5.11 Å². The van der Waals surface area contributed by atoms with Crippen LogP contribution >= 0.6 is 0 Å². The van der Waals surface area contributed by atoms with Crippen molar-refractivity contribution in [2.45, 2.75) is 84.7 Å². The van der Waals surface area contributed by atoms with Gasteiger partial charge in [0.2, 0.25) is 0 Å². The summed E-state index contributed by atoms with van der Waals surface area (Å²) in [5.74, 6) is 3.97. The Morgan fingerprint density at radius 3 is 2.35 bits per heavy atom. The summed E-state index contributed by atoms with van der Waals surface area (Å²) in [6.45, 7) is 6.80. The van der Waals surface area contributed by atoms with E-state index in [4.69, 9.17) is 0 Å². The predicted molar refractivity (Wildman–Crippen MR) is 91.9 cm³/mol. The molecular formula is C21H34O2. The first-order valence-electron chi connectivity index (χ1n) is 10.0. The maximum Gasteiger partial charge on any atom is 0.133 e. The van der Waals surface area contributed by atoms with Crippen molar-refractivity contribution < 1.29 is 9.90 Å². The molecule has 0 bridgehead atoms. The van der Waals surface area contributed by atoms with Crippen molar-refractivity contribution in [1.82, 2.24) is 0 Å². The molecule has 0 unspecified atom stereocenters. The third kappa shape index (κ3) is 2.19. The van der Waals surface area contributed by atoms with Crippen LogP contribution in [0.5, 0.6) is 0 Å². The molecule has 0 aromatic heterocycles. The van der Waals surface area contributed by atoms with Crippen LogP contribution in [-0.2, 0) is 4.79 Å². The third-order valence-electron chi connectivity index (χ3n) is 9.13. The van der Waals surface area contributed by atoms with E-state index >= 15 is 0 Å². The molecule has 4 fully saturated rings. The van der Waals surface area contributed by atoms with Gasteiger partial charge in [0.25, 0.3) is 0 Å². The summed E-state index contributed by atoms with van der Waals surface area (Å²) in [5, 5.41) is 10.1. The van der Waals surface area contributed by atoms with Crippen molar-refractivity contribution >= 4 is 5.78 Å². The van der Waals surface area contributed by atoms with E-state index in [0.29, 0.717) is 17.1 Å². The van der Waals surface area contributed by atoms with E-state index in [9.17, 15) is 9.90 Å². The number of aliphatic hydroxyl groups excluding tert-OH is 1. The Morgan fingerprint density at radius 1 is 0.913 bits per heavy atom. The lowest BCUT2D eigenvalue weighted by atomic mass is 9.44. The van der Waals surface area contributed by atoms with Crippen molar-refractivity contribution in [3.05, 3.63) is 0 Å². The largest absolute Gasteiger partial charge is 0.393 e. The van der Waals surface area contributed by atoms with Crippen LogP contribution in [0.1, 0.15) is 78.6 Å². The number of hydrogen-bond donors (Lipinski definition) is 1. The van der Waals surface area contributed by atoms with Crippen LogP contribution in [0.15, 0.2) is 0 Å². The van der Waals surface area contributed by atoms with Crippen molar-refractivity contribution in [1.29, 1.82) is 0 Å². The zero-order chi connectivity index (χ0) is 16.4. The normalized spacial score (nSPS) is 55.7. The minimum atomic E-state index is -0.0490. The van der Waals surface area contributed by atoms with E-state index in [2.05, 4.69) is 13.8 Å². The second-order valence-electron chi connectivity index (χ2n) is 9.87. The van der Waals surface area contributed by atoms with Crippen LogP contribution in [0.4, 0.5) is 0 Å². The minimum absolute atomic E-state index is 0.0490. The molecule has 4 aliphatic rings. The Balaban J connectivity index is 1.61. The van der Waals surface area contributed by atoms with E-state index in [1.807, 2.05) is 6.92 Å². The van der Waals surface area contributed by atoms with Crippen LogP contribution in [0.3, 0.4) is 0 Å². The average molecular weight is 319 g/mol. The Labute approximate surface area is 141 Å². The number of rotatable bonds is 1. The lowest BCUT2D eigenvalue weighted by Gasteiger charge is -2.60. The van der Waals surface area contributed by atoms with Crippen LogP contribution in [0.2, 0.25) is 0 Å². The number of carbonyl (C=O) groups is 1. The van der Waals surface area contributed by atoms with Gasteiger partial charge in [0.1, 0.15) is 5.78 Å². The highest BCUT2D eigenvalue weighted by atomic mass is 16.3. The first-order valence-corrected chi connectivity index (χ1v) is 10.0. The lowest BCUT2D eigenvalue weighted by Crippen LogP contribution is -2.54. The van der Waals surface area contributed by atoms with Gasteiger partial charge >= 0.3 is 0 Å². The summed E-state index contributed by atoms with van der Waals surface area (Å²) in [6.07, 6.45) is 10.9. The van der Waals surface area contributed by atoms with E-state index in [0.717, 1.165) is 42.9 Å². The zero-order valence-electron chi connectivity index (χ0n) is 15.2. The SMILES string of the molecule is CC(=O)[C@H]1CC[C@@H]2[C@@H]3CC[C@@H]4C[C@@H](O)CC[C@]4(C)[C@@H]3CC[C@]12C.